The molecule has 0 saturated heterocycles. The molecule has 0 amide bonds. The molecule has 2 rings (SSSR count). The van der Waals surface area contributed by atoms with E-state index in [-0.39, 0.29) is 5.60 Å². The maximum Gasteiger partial charge on any atom is 0.0806 e. The van der Waals surface area contributed by atoms with Crippen LogP contribution in [0, 0.1) is 5.92 Å². The molecule has 112 valence electrons. The predicted molar refractivity (Wildman–Crippen MR) is 85.1 cm³/mol. The molecule has 0 bridgehead atoms. The SMILES string of the molecule is CCNC(C1CC1c1ccccc1)C(C)(CC)OCC. The largest absolute Gasteiger partial charge is 0.374 e. The van der Waals surface area contributed by atoms with Gasteiger partial charge in [-0.3, -0.25) is 0 Å². The maximum atomic E-state index is 6.12. The molecule has 0 aliphatic heterocycles. The van der Waals surface area contributed by atoms with Crippen molar-refractivity contribution in [3.05, 3.63) is 35.9 Å². The van der Waals surface area contributed by atoms with Crippen LogP contribution in [-0.2, 0) is 4.74 Å². The van der Waals surface area contributed by atoms with Crippen molar-refractivity contribution in [1.82, 2.24) is 5.32 Å². The fourth-order valence-electron chi connectivity index (χ4n) is 3.45. The van der Waals surface area contributed by atoms with E-state index in [2.05, 4.69) is 63.3 Å². The van der Waals surface area contributed by atoms with Gasteiger partial charge in [-0.2, -0.15) is 0 Å². The Bertz CT molecular complexity index is 405. The van der Waals surface area contributed by atoms with Crippen molar-refractivity contribution in [2.75, 3.05) is 13.2 Å². The van der Waals surface area contributed by atoms with Crippen molar-refractivity contribution < 1.29 is 4.74 Å². The monoisotopic (exact) mass is 275 g/mol. The predicted octanol–water partition coefficient (Wildman–Crippen LogP) is 3.97. The van der Waals surface area contributed by atoms with Gasteiger partial charge in [0.2, 0.25) is 0 Å². The first kappa shape index (κ1) is 15.5. The minimum atomic E-state index is -0.0566. The molecule has 1 N–H and O–H groups in total. The second-order valence-corrected chi connectivity index (χ2v) is 6.05. The van der Waals surface area contributed by atoms with Crippen LogP contribution in [0.15, 0.2) is 30.3 Å². The van der Waals surface area contributed by atoms with Crippen molar-refractivity contribution in [2.24, 2.45) is 5.92 Å². The zero-order chi connectivity index (χ0) is 14.6. The lowest BCUT2D eigenvalue weighted by atomic mass is 9.87. The summed E-state index contributed by atoms with van der Waals surface area (Å²) in [6.07, 6.45) is 2.33. The van der Waals surface area contributed by atoms with E-state index >= 15 is 0 Å². The van der Waals surface area contributed by atoms with Gasteiger partial charge in [-0.1, -0.05) is 44.2 Å². The van der Waals surface area contributed by atoms with Gasteiger partial charge < -0.3 is 10.1 Å². The molecule has 0 heterocycles. The number of hydrogen-bond acceptors (Lipinski definition) is 2. The van der Waals surface area contributed by atoms with Crippen molar-refractivity contribution in [1.29, 1.82) is 0 Å². The molecule has 2 nitrogen and oxygen atoms in total. The van der Waals surface area contributed by atoms with E-state index in [0.717, 1.165) is 19.6 Å². The van der Waals surface area contributed by atoms with E-state index in [0.29, 0.717) is 17.9 Å². The second-order valence-electron chi connectivity index (χ2n) is 6.05. The third kappa shape index (κ3) is 3.24. The number of rotatable bonds is 8. The average Bonchev–Trinajstić information content (AvgIpc) is 3.26. The van der Waals surface area contributed by atoms with Gasteiger partial charge in [-0.05, 0) is 50.6 Å². The fourth-order valence-corrected chi connectivity index (χ4v) is 3.45. The van der Waals surface area contributed by atoms with Gasteiger partial charge in [0.05, 0.1) is 5.60 Å². The quantitative estimate of drug-likeness (QED) is 0.775. The molecule has 4 unspecified atom stereocenters. The molecule has 1 aromatic rings. The molecule has 4 atom stereocenters. The van der Waals surface area contributed by atoms with E-state index in [9.17, 15) is 0 Å². The van der Waals surface area contributed by atoms with E-state index in [4.69, 9.17) is 4.74 Å². The van der Waals surface area contributed by atoms with Gasteiger partial charge in [-0.15, -0.1) is 0 Å². The Kier molecular flexibility index (Phi) is 5.22. The second kappa shape index (κ2) is 6.73. The van der Waals surface area contributed by atoms with Crippen LogP contribution in [-0.4, -0.2) is 24.8 Å². The molecule has 1 aliphatic rings. The summed E-state index contributed by atoms with van der Waals surface area (Å²) in [5, 5.41) is 3.70. The number of likely N-dealkylation sites (N-methyl/N-ethyl adjacent to an activating group) is 1. The van der Waals surface area contributed by atoms with Gasteiger partial charge in [0.25, 0.3) is 0 Å². The van der Waals surface area contributed by atoms with Crippen LogP contribution in [0.5, 0.6) is 0 Å². The Morgan fingerprint density at radius 3 is 2.50 bits per heavy atom. The average molecular weight is 275 g/mol. The maximum absolute atomic E-state index is 6.12. The van der Waals surface area contributed by atoms with Crippen molar-refractivity contribution in [2.45, 2.75) is 58.1 Å². The summed E-state index contributed by atoms with van der Waals surface area (Å²) in [4.78, 5) is 0. The highest BCUT2D eigenvalue weighted by atomic mass is 16.5. The first-order chi connectivity index (χ1) is 9.66. The zero-order valence-corrected chi connectivity index (χ0v) is 13.4. The van der Waals surface area contributed by atoms with E-state index in [1.165, 1.54) is 12.0 Å². The van der Waals surface area contributed by atoms with Crippen LogP contribution >= 0.6 is 0 Å². The molecule has 2 heteroatoms. The third-order valence-corrected chi connectivity index (χ3v) is 4.75. The van der Waals surface area contributed by atoms with Crippen LogP contribution < -0.4 is 5.32 Å². The first-order valence-electron chi connectivity index (χ1n) is 8.08. The molecule has 0 aromatic heterocycles. The minimum absolute atomic E-state index is 0.0566. The Morgan fingerprint density at radius 1 is 1.25 bits per heavy atom. The third-order valence-electron chi connectivity index (χ3n) is 4.75. The number of benzene rings is 1. The van der Waals surface area contributed by atoms with Crippen LogP contribution in [0.25, 0.3) is 0 Å². The Labute approximate surface area is 123 Å². The number of hydrogen-bond donors (Lipinski definition) is 1. The highest BCUT2D eigenvalue weighted by Gasteiger charge is 2.50. The lowest BCUT2D eigenvalue weighted by molar-refractivity contribution is -0.0605. The molecule has 1 saturated carbocycles. The van der Waals surface area contributed by atoms with Crippen molar-refractivity contribution in [3.63, 3.8) is 0 Å². The van der Waals surface area contributed by atoms with Gasteiger partial charge in [-0.25, -0.2) is 0 Å². The summed E-state index contributed by atoms with van der Waals surface area (Å²) in [7, 11) is 0. The van der Waals surface area contributed by atoms with Gasteiger partial charge >= 0.3 is 0 Å². The molecular weight excluding hydrogens is 246 g/mol. The van der Waals surface area contributed by atoms with E-state index < -0.39 is 0 Å². The van der Waals surface area contributed by atoms with Crippen LogP contribution in [0.1, 0.15) is 52.0 Å². The summed E-state index contributed by atoms with van der Waals surface area (Å²) < 4.78 is 6.12. The molecule has 0 spiro atoms. The smallest absolute Gasteiger partial charge is 0.0806 e. The Hall–Kier alpha value is -0.860. The van der Waals surface area contributed by atoms with Gasteiger partial charge in [0, 0.05) is 12.6 Å². The lowest BCUT2D eigenvalue weighted by Crippen LogP contribution is -2.52. The standard InChI is InChI=1S/C18H29NO/c1-5-18(4,20-7-3)17(19-6-2)16-13-15(16)14-11-9-8-10-12-14/h8-12,15-17,19H,5-7,13H2,1-4H3. The molecule has 1 fully saturated rings. The zero-order valence-electron chi connectivity index (χ0n) is 13.4. The summed E-state index contributed by atoms with van der Waals surface area (Å²) in [6.45, 7) is 10.6. The molecular formula is C18H29NO. The normalized spacial score (nSPS) is 26.0. The molecule has 1 aliphatic carbocycles. The summed E-state index contributed by atoms with van der Waals surface area (Å²) in [6, 6.07) is 11.4. The van der Waals surface area contributed by atoms with E-state index in [1.54, 1.807) is 0 Å². The topological polar surface area (TPSA) is 21.3 Å². The van der Waals surface area contributed by atoms with Crippen LogP contribution in [0.2, 0.25) is 0 Å². The van der Waals surface area contributed by atoms with Crippen molar-refractivity contribution in [3.8, 4) is 0 Å². The molecule has 1 aromatic carbocycles. The molecule has 0 radical (unpaired) electrons. The van der Waals surface area contributed by atoms with Gasteiger partial charge in [0.1, 0.15) is 0 Å². The lowest BCUT2D eigenvalue weighted by Gasteiger charge is -2.38. The highest BCUT2D eigenvalue weighted by molar-refractivity contribution is 5.27. The van der Waals surface area contributed by atoms with E-state index in [1.807, 2.05) is 0 Å². The van der Waals surface area contributed by atoms with Crippen LogP contribution in [0.3, 0.4) is 0 Å². The summed E-state index contributed by atoms with van der Waals surface area (Å²) in [5.74, 6) is 1.40. The highest BCUT2D eigenvalue weighted by Crippen LogP contribution is 2.52. The summed E-state index contributed by atoms with van der Waals surface area (Å²) in [5.41, 5.74) is 1.43. The van der Waals surface area contributed by atoms with Gasteiger partial charge in [0.15, 0.2) is 0 Å². The summed E-state index contributed by atoms with van der Waals surface area (Å²) >= 11 is 0. The van der Waals surface area contributed by atoms with Crippen LogP contribution in [0.4, 0.5) is 0 Å². The fraction of sp³-hybridized carbons (Fsp3) is 0.667. The molecule has 20 heavy (non-hydrogen) atoms. The Morgan fingerprint density at radius 2 is 1.95 bits per heavy atom. The minimum Gasteiger partial charge on any atom is -0.374 e. The first-order valence-corrected chi connectivity index (χ1v) is 8.08. The Balaban J connectivity index is 2.11. The number of ether oxygens (including phenoxy) is 1. The number of nitrogens with one attached hydrogen (secondary N) is 1. The van der Waals surface area contributed by atoms with Crippen molar-refractivity contribution >= 4 is 0 Å².